The summed E-state index contributed by atoms with van der Waals surface area (Å²) in [5.41, 5.74) is 5.94. The number of carbonyl (C=O) groups excluding carboxylic acids is 2. The van der Waals surface area contributed by atoms with Gasteiger partial charge >= 0.3 is 0 Å². The molecule has 3 aromatic rings. The molecule has 0 aliphatic carbocycles. The molecule has 4 rings (SSSR count). The molecular weight excluding hydrogens is 504 g/mol. The highest BCUT2D eigenvalue weighted by Gasteiger charge is 2.30. The second-order valence-corrected chi connectivity index (χ2v) is 10.5. The number of nitrogens with zero attached hydrogens (tertiary/aromatic N) is 2. The molecule has 194 valence electrons. The molecule has 0 aromatic heterocycles. The summed E-state index contributed by atoms with van der Waals surface area (Å²) in [6.45, 7) is 0.144. The van der Waals surface area contributed by atoms with Crippen LogP contribution in [0.3, 0.4) is 0 Å². The van der Waals surface area contributed by atoms with Gasteiger partial charge in [0.2, 0.25) is 10.0 Å². The third-order valence-electron chi connectivity index (χ3n) is 5.99. The van der Waals surface area contributed by atoms with Crippen LogP contribution >= 0.6 is 0 Å². The second-order valence-electron chi connectivity index (χ2n) is 8.52. The topological polar surface area (TPSA) is 110 Å². The fraction of sp³-hybridized carbons (Fsp3) is 0.231. The van der Waals surface area contributed by atoms with Crippen molar-refractivity contribution in [1.29, 1.82) is 0 Å². The van der Waals surface area contributed by atoms with E-state index in [0.717, 1.165) is 12.1 Å². The van der Waals surface area contributed by atoms with Crippen molar-refractivity contribution in [3.63, 3.8) is 0 Å². The first-order valence-electron chi connectivity index (χ1n) is 11.5. The number of rotatable bonds is 8. The normalized spacial score (nSPS) is 14.4. The van der Waals surface area contributed by atoms with E-state index in [2.05, 4.69) is 0 Å². The van der Waals surface area contributed by atoms with Gasteiger partial charge in [0.05, 0.1) is 16.9 Å². The molecule has 0 radical (unpaired) electrons. The van der Waals surface area contributed by atoms with E-state index >= 15 is 0 Å². The van der Waals surface area contributed by atoms with Crippen LogP contribution in [0.15, 0.2) is 66.7 Å². The van der Waals surface area contributed by atoms with Crippen molar-refractivity contribution in [1.82, 2.24) is 9.21 Å². The van der Waals surface area contributed by atoms with Crippen molar-refractivity contribution in [3.8, 4) is 5.75 Å². The van der Waals surface area contributed by atoms with Gasteiger partial charge in [-0.15, -0.1) is 0 Å². The molecule has 11 heteroatoms. The summed E-state index contributed by atoms with van der Waals surface area (Å²) < 4.78 is 61.0. The van der Waals surface area contributed by atoms with Gasteiger partial charge in [0.25, 0.3) is 11.8 Å². The first kappa shape index (κ1) is 26.2. The van der Waals surface area contributed by atoms with Crippen molar-refractivity contribution >= 4 is 21.8 Å². The van der Waals surface area contributed by atoms with E-state index in [1.165, 1.54) is 33.5 Å². The minimum Gasteiger partial charge on any atom is -0.485 e. The number of primary amides is 1. The fourth-order valence-electron chi connectivity index (χ4n) is 4.05. The quantitative estimate of drug-likeness (QED) is 0.483. The van der Waals surface area contributed by atoms with Crippen LogP contribution < -0.4 is 10.5 Å². The Morgan fingerprint density at radius 3 is 2.22 bits per heavy atom. The Morgan fingerprint density at radius 1 is 0.838 bits per heavy atom. The molecule has 0 saturated carbocycles. The summed E-state index contributed by atoms with van der Waals surface area (Å²) in [4.78, 5) is 26.0. The Balaban J connectivity index is 1.42. The molecule has 2 N–H and O–H groups in total. The number of para-hydroxylation sites is 1. The third-order valence-corrected chi connectivity index (χ3v) is 7.84. The molecule has 2 amide bonds. The summed E-state index contributed by atoms with van der Waals surface area (Å²) in [7, 11) is -3.57. The van der Waals surface area contributed by atoms with Gasteiger partial charge in [0.1, 0.15) is 12.4 Å². The number of hydrogen-bond donors (Lipinski definition) is 1. The molecule has 3 aromatic carbocycles. The number of carbonyl (C=O) groups is 2. The lowest BCUT2D eigenvalue weighted by Crippen LogP contribution is -2.50. The zero-order chi connectivity index (χ0) is 26.6. The van der Waals surface area contributed by atoms with E-state index in [9.17, 15) is 26.8 Å². The van der Waals surface area contributed by atoms with Crippen LogP contribution in [0.4, 0.5) is 8.78 Å². The summed E-state index contributed by atoms with van der Waals surface area (Å²) in [5.74, 6) is -3.47. The maximum absolute atomic E-state index is 14.6. The Morgan fingerprint density at radius 2 is 1.54 bits per heavy atom. The van der Waals surface area contributed by atoms with E-state index in [0.29, 0.717) is 11.1 Å². The average Bonchev–Trinajstić information content (AvgIpc) is 2.88. The van der Waals surface area contributed by atoms with Crippen molar-refractivity contribution in [2.24, 2.45) is 5.73 Å². The molecule has 0 atom stereocenters. The largest absolute Gasteiger partial charge is 0.485 e. The highest BCUT2D eigenvalue weighted by Crippen LogP contribution is 2.24. The van der Waals surface area contributed by atoms with Crippen molar-refractivity contribution in [2.45, 2.75) is 12.4 Å². The third kappa shape index (κ3) is 6.12. The van der Waals surface area contributed by atoms with Gasteiger partial charge in [-0.1, -0.05) is 42.5 Å². The number of piperazine rings is 1. The minimum atomic E-state index is -3.57. The highest BCUT2D eigenvalue weighted by atomic mass is 32.2. The van der Waals surface area contributed by atoms with Crippen molar-refractivity contribution < 1.29 is 31.5 Å². The molecule has 1 saturated heterocycles. The Labute approximate surface area is 213 Å². The number of ether oxygens (including phenoxy) is 1. The SMILES string of the molecule is NC(=O)c1cccc(F)c1OCc1ccc(F)c(C(=O)N2CCN(S(=O)(=O)Cc3ccccc3)CC2)c1. The standard InChI is InChI=1S/C26H25F2N3O5S/c27-22-10-9-19(16-36-24-20(25(29)32)7-4-8-23(24)28)15-21(22)26(33)30-11-13-31(14-12-30)37(34,35)17-18-5-2-1-3-6-18/h1-10,15H,11-14,16-17H2,(H2,29,32). The van der Waals surface area contributed by atoms with E-state index in [-0.39, 0.29) is 55.4 Å². The van der Waals surface area contributed by atoms with Gasteiger partial charge < -0.3 is 15.4 Å². The van der Waals surface area contributed by atoms with Crippen LogP contribution in [-0.2, 0) is 22.4 Å². The van der Waals surface area contributed by atoms with Gasteiger partial charge in [-0.3, -0.25) is 9.59 Å². The minimum absolute atomic E-state index is 0.0918. The van der Waals surface area contributed by atoms with Gasteiger partial charge in [-0.05, 0) is 35.4 Å². The molecule has 0 spiro atoms. The Hall–Kier alpha value is -3.83. The lowest BCUT2D eigenvalue weighted by molar-refractivity contribution is 0.0692. The summed E-state index contributed by atoms with van der Waals surface area (Å²) in [6.07, 6.45) is 0. The average molecular weight is 530 g/mol. The number of amides is 2. The summed E-state index contributed by atoms with van der Waals surface area (Å²) in [5, 5.41) is 0. The van der Waals surface area contributed by atoms with E-state index in [4.69, 9.17) is 10.5 Å². The monoisotopic (exact) mass is 529 g/mol. The van der Waals surface area contributed by atoms with Crippen LogP contribution in [0.5, 0.6) is 5.75 Å². The van der Waals surface area contributed by atoms with E-state index in [1.54, 1.807) is 30.3 Å². The Bertz CT molecular complexity index is 1410. The van der Waals surface area contributed by atoms with Gasteiger partial charge in [0, 0.05) is 26.2 Å². The van der Waals surface area contributed by atoms with Crippen molar-refractivity contribution in [3.05, 3.63) is 101 Å². The summed E-state index contributed by atoms with van der Waals surface area (Å²) >= 11 is 0. The number of benzene rings is 3. The van der Waals surface area contributed by atoms with E-state index < -0.39 is 33.5 Å². The smallest absolute Gasteiger partial charge is 0.256 e. The van der Waals surface area contributed by atoms with Crippen LogP contribution in [0.2, 0.25) is 0 Å². The molecule has 37 heavy (non-hydrogen) atoms. The number of halogens is 2. The number of nitrogens with two attached hydrogens (primary N) is 1. The predicted octanol–water partition coefficient (Wildman–Crippen LogP) is 2.93. The maximum Gasteiger partial charge on any atom is 0.256 e. The zero-order valence-electron chi connectivity index (χ0n) is 19.8. The first-order chi connectivity index (χ1) is 17.7. The van der Waals surface area contributed by atoms with Crippen LogP contribution in [0.1, 0.15) is 31.8 Å². The Kier molecular flexibility index (Phi) is 7.84. The fourth-order valence-corrected chi connectivity index (χ4v) is 5.56. The molecule has 1 aliphatic heterocycles. The predicted molar refractivity (Wildman–Crippen MR) is 132 cm³/mol. The van der Waals surface area contributed by atoms with Crippen LogP contribution in [0, 0.1) is 11.6 Å². The molecule has 1 aliphatic rings. The number of hydrogen-bond acceptors (Lipinski definition) is 5. The highest BCUT2D eigenvalue weighted by molar-refractivity contribution is 7.88. The lowest BCUT2D eigenvalue weighted by atomic mass is 10.1. The van der Waals surface area contributed by atoms with Gasteiger partial charge in [-0.2, -0.15) is 4.31 Å². The van der Waals surface area contributed by atoms with Crippen LogP contribution in [-0.4, -0.2) is 55.6 Å². The zero-order valence-corrected chi connectivity index (χ0v) is 20.6. The maximum atomic E-state index is 14.6. The summed E-state index contributed by atoms with van der Waals surface area (Å²) in [6, 6.07) is 16.3. The van der Waals surface area contributed by atoms with Crippen LogP contribution in [0.25, 0.3) is 0 Å². The second kappa shape index (κ2) is 11.1. The van der Waals surface area contributed by atoms with Gasteiger partial charge in [-0.25, -0.2) is 17.2 Å². The molecular formula is C26H25F2N3O5S. The molecule has 1 heterocycles. The molecule has 0 bridgehead atoms. The van der Waals surface area contributed by atoms with Crippen molar-refractivity contribution in [2.75, 3.05) is 26.2 Å². The molecule has 1 fully saturated rings. The first-order valence-corrected chi connectivity index (χ1v) is 13.1. The lowest BCUT2D eigenvalue weighted by Gasteiger charge is -2.34. The van der Waals surface area contributed by atoms with Gasteiger partial charge in [0.15, 0.2) is 11.6 Å². The number of sulfonamides is 1. The molecule has 0 unspecified atom stereocenters. The van der Waals surface area contributed by atoms with E-state index in [1.807, 2.05) is 0 Å². The molecule has 8 nitrogen and oxygen atoms in total.